The topological polar surface area (TPSA) is 6.48 Å². The van der Waals surface area contributed by atoms with Crippen molar-refractivity contribution in [2.24, 2.45) is 0 Å². The Morgan fingerprint density at radius 1 is 0.696 bits per heavy atom. The SMILES string of the molecule is CCCCCCCN1C=CN(CCCCC)C1c1ccccc1. The summed E-state index contributed by atoms with van der Waals surface area (Å²) in [6, 6.07) is 11.0. The summed E-state index contributed by atoms with van der Waals surface area (Å²) < 4.78 is 0. The molecule has 2 nitrogen and oxygen atoms in total. The van der Waals surface area contributed by atoms with Crippen LogP contribution >= 0.6 is 0 Å². The third-order valence-electron chi connectivity index (χ3n) is 4.72. The predicted octanol–water partition coefficient (Wildman–Crippen LogP) is 5.93. The summed E-state index contributed by atoms with van der Waals surface area (Å²) in [5, 5.41) is 0. The molecule has 1 atom stereocenters. The molecule has 1 aromatic carbocycles. The smallest absolute Gasteiger partial charge is 0.127 e. The molecule has 0 aliphatic carbocycles. The lowest BCUT2D eigenvalue weighted by Crippen LogP contribution is -2.32. The second-order valence-electron chi connectivity index (χ2n) is 6.68. The van der Waals surface area contributed by atoms with E-state index in [0.717, 1.165) is 6.54 Å². The Hall–Kier alpha value is -1.44. The van der Waals surface area contributed by atoms with Crippen molar-refractivity contribution in [2.45, 2.75) is 71.4 Å². The molecule has 0 saturated carbocycles. The fourth-order valence-electron chi connectivity index (χ4n) is 3.37. The fraction of sp³-hybridized carbons (Fsp3) is 0.619. The van der Waals surface area contributed by atoms with Gasteiger partial charge in [0.05, 0.1) is 0 Å². The monoisotopic (exact) mass is 314 g/mol. The van der Waals surface area contributed by atoms with Gasteiger partial charge in [0.25, 0.3) is 0 Å². The van der Waals surface area contributed by atoms with Crippen LogP contribution in [0.25, 0.3) is 0 Å². The van der Waals surface area contributed by atoms with Gasteiger partial charge in [0, 0.05) is 25.5 Å². The number of nitrogens with zero attached hydrogens (tertiary/aromatic N) is 2. The van der Waals surface area contributed by atoms with Gasteiger partial charge in [0.15, 0.2) is 0 Å². The lowest BCUT2D eigenvalue weighted by Gasteiger charge is -2.33. The van der Waals surface area contributed by atoms with Crippen molar-refractivity contribution in [3.63, 3.8) is 0 Å². The standard InChI is InChI=1S/C21H34N2/c1-3-5-7-8-13-17-23-19-18-22(16-12-6-4-2)21(23)20-14-10-9-11-15-20/h9-11,14-15,18-19,21H,3-8,12-13,16-17H2,1-2H3. The third-order valence-corrected chi connectivity index (χ3v) is 4.72. The summed E-state index contributed by atoms with van der Waals surface area (Å²) >= 11 is 0. The van der Waals surface area contributed by atoms with Gasteiger partial charge >= 0.3 is 0 Å². The summed E-state index contributed by atoms with van der Waals surface area (Å²) in [6.45, 7) is 6.89. The highest BCUT2D eigenvalue weighted by Gasteiger charge is 2.26. The second-order valence-corrected chi connectivity index (χ2v) is 6.68. The van der Waals surface area contributed by atoms with Crippen LogP contribution in [-0.2, 0) is 0 Å². The van der Waals surface area contributed by atoms with Crippen LogP contribution in [-0.4, -0.2) is 22.9 Å². The first kappa shape index (κ1) is 17.9. The molecule has 1 aromatic rings. The molecule has 0 aromatic heterocycles. The molecular formula is C21H34N2. The molecule has 0 N–H and O–H groups in total. The summed E-state index contributed by atoms with van der Waals surface area (Å²) in [5.41, 5.74) is 1.42. The highest BCUT2D eigenvalue weighted by molar-refractivity contribution is 5.21. The largest absolute Gasteiger partial charge is 0.352 e. The van der Waals surface area contributed by atoms with Crippen LogP contribution in [0.15, 0.2) is 42.7 Å². The number of benzene rings is 1. The van der Waals surface area contributed by atoms with Crippen LogP contribution in [0.5, 0.6) is 0 Å². The first-order valence-corrected chi connectivity index (χ1v) is 9.61. The molecule has 1 heterocycles. The predicted molar refractivity (Wildman–Crippen MR) is 100 cm³/mol. The highest BCUT2D eigenvalue weighted by atomic mass is 15.4. The van der Waals surface area contributed by atoms with Crippen molar-refractivity contribution >= 4 is 0 Å². The van der Waals surface area contributed by atoms with Gasteiger partial charge in [0.1, 0.15) is 6.17 Å². The van der Waals surface area contributed by atoms with Crippen LogP contribution in [0.3, 0.4) is 0 Å². The second kappa shape index (κ2) is 10.4. The molecule has 0 bridgehead atoms. The molecule has 23 heavy (non-hydrogen) atoms. The maximum atomic E-state index is 2.53. The van der Waals surface area contributed by atoms with E-state index < -0.39 is 0 Å². The quantitative estimate of drug-likeness (QED) is 0.467. The van der Waals surface area contributed by atoms with E-state index >= 15 is 0 Å². The van der Waals surface area contributed by atoms with Crippen molar-refractivity contribution in [2.75, 3.05) is 13.1 Å². The minimum atomic E-state index is 0.402. The maximum absolute atomic E-state index is 2.53. The first-order valence-electron chi connectivity index (χ1n) is 9.61. The van der Waals surface area contributed by atoms with Gasteiger partial charge in [0.2, 0.25) is 0 Å². The molecule has 128 valence electrons. The van der Waals surface area contributed by atoms with E-state index in [2.05, 4.69) is 66.4 Å². The lowest BCUT2D eigenvalue weighted by molar-refractivity contribution is 0.150. The van der Waals surface area contributed by atoms with Crippen molar-refractivity contribution in [1.82, 2.24) is 9.80 Å². The summed E-state index contributed by atoms with van der Waals surface area (Å²) in [7, 11) is 0. The van der Waals surface area contributed by atoms with Crippen LogP contribution in [0.1, 0.15) is 76.9 Å². The molecule has 1 aliphatic rings. The Kier molecular flexibility index (Phi) is 8.06. The summed E-state index contributed by atoms with van der Waals surface area (Å²) in [6.07, 6.45) is 15.6. The number of rotatable bonds is 11. The van der Waals surface area contributed by atoms with Crippen LogP contribution in [0, 0.1) is 0 Å². The van der Waals surface area contributed by atoms with E-state index in [1.165, 1.54) is 63.5 Å². The van der Waals surface area contributed by atoms with Crippen molar-refractivity contribution < 1.29 is 0 Å². The molecule has 1 aliphatic heterocycles. The number of hydrogen-bond acceptors (Lipinski definition) is 2. The fourth-order valence-corrected chi connectivity index (χ4v) is 3.37. The third kappa shape index (κ3) is 5.60. The van der Waals surface area contributed by atoms with E-state index in [4.69, 9.17) is 0 Å². The van der Waals surface area contributed by atoms with Crippen molar-refractivity contribution in [3.05, 3.63) is 48.3 Å². The molecule has 0 radical (unpaired) electrons. The van der Waals surface area contributed by atoms with Crippen LogP contribution in [0.2, 0.25) is 0 Å². The van der Waals surface area contributed by atoms with Gasteiger partial charge in [-0.15, -0.1) is 0 Å². The van der Waals surface area contributed by atoms with Gasteiger partial charge in [-0.2, -0.15) is 0 Å². The van der Waals surface area contributed by atoms with Gasteiger partial charge in [-0.1, -0.05) is 82.7 Å². The molecule has 0 amide bonds. The number of unbranched alkanes of at least 4 members (excludes halogenated alkanes) is 6. The Balaban J connectivity index is 1.92. The Morgan fingerprint density at radius 2 is 1.22 bits per heavy atom. The Morgan fingerprint density at radius 3 is 1.83 bits per heavy atom. The molecule has 0 saturated heterocycles. The Labute approximate surface area is 143 Å². The molecule has 1 unspecified atom stereocenters. The minimum absolute atomic E-state index is 0.402. The van der Waals surface area contributed by atoms with E-state index in [-0.39, 0.29) is 0 Å². The zero-order valence-electron chi connectivity index (χ0n) is 15.1. The summed E-state index contributed by atoms with van der Waals surface area (Å²) in [4.78, 5) is 5.06. The minimum Gasteiger partial charge on any atom is -0.352 e. The average Bonchev–Trinajstić information content (AvgIpc) is 2.98. The normalized spacial score (nSPS) is 17.2. The Bertz CT molecular complexity index is 440. The van der Waals surface area contributed by atoms with E-state index in [1.807, 2.05) is 0 Å². The van der Waals surface area contributed by atoms with Crippen molar-refractivity contribution in [3.8, 4) is 0 Å². The molecule has 0 fully saturated rings. The summed E-state index contributed by atoms with van der Waals surface area (Å²) in [5.74, 6) is 0. The average molecular weight is 315 g/mol. The highest BCUT2D eigenvalue weighted by Crippen LogP contribution is 2.31. The van der Waals surface area contributed by atoms with Gasteiger partial charge in [-0.25, -0.2) is 0 Å². The van der Waals surface area contributed by atoms with Gasteiger partial charge in [-0.3, -0.25) is 0 Å². The maximum Gasteiger partial charge on any atom is 0.127 e. The zero-order chi connectivity index (χ0) is 16.3. The molecule has 0 spiro atoms. The molecule has 2 heteroatoms. The molecular weight excluding hydrogens is 280 g/mol. The lowest BCUT2D eigenvalue weighted by atomic mass is 10.1. The van der Waals surface area contributed by atoms with Crippen LogP contribution < -0.4 is 0 Å². The van der Waals surface area contributed by atoms with Gasteiger partial charge in [-0.05, 0) is 18.4 Å². The number of hydrogen-bond donors (Lipinski definition) is 0. The van der Waals surface area contributed by atoms with E-state index in [1.54, 1.807) is 0 Å². The van der Waals surface area contributed by atoms with E-state index in [0.29, 0.717) is 6.17 Å². The zero-order valence-corrected chi connectivity index (χ0v) is 15.1. The van der Waals surface area contributed by atoms with Crippen LogP contribution in [0.4, 0.5) is 0 Å². The van der Waals surface area contributed by atoms with Gasteiger partial charge < -0.3 is 9.80 Å². The van der Waals surface area contributed by atoms with E-state index in [9.17, 15) is 0 Å². The first-order chi connectivity index (χ1) is 11.4. The van der Waals surface area contributed by atoms with Crippen molar-refractivity contribution in [1.29, 1.82) is 0 Å². The molecule has 2 rings (SSSR count).